The molecule has 1 amide bonds. The molecular weight excluding hydrogens is 407 g/mol. The molecule has 8 heteroatoms. The number of sulfonamides is 1. The van der Waals surface area contributed by atoms with Crippen LogP contribution in [-0.4, -0.2) is 44.9 Å². The molecule has 6 nitrogen and oxygen atoms in total. The zero-order valence-electron chi connectivity index (χ0n) is 16.8. The van der Waals surface area contributed by atoms with Crippen LogP contribution in [0.1, 0.15) is 31.2 Å². The number of piperidine rings is 1. The van der Waals surface area contributed by atoms with Crippen LogP contribution in [0.5, 0.6) is 5.75 Å². The summed E-state index contributed by atoms with van der Waals surface area (Å²) in [4.78, 5) is 12.3. The van der Waals surface area contributed by atoms with Gasteiger partial charge in [-0.1, -0.05) is 18.6 Å². The number of nitrogens with one attached hydrogen (secondary N) is 1. The van der Waals surface area contributed by atoms with Gasteiger partial charge >= 0.3 is 0 Å². The van der Waals surface area contributed by atoms with Gasteiger partial charge in [0.25, 0.3) is 0 Å². The zero-order valence-corrected chi connectivity index (χ0v) is 17.7. The first-order valence-corrected chi connectivity index (χ1v) is 11.6. The van der Waals surface area contributed by atoms with Crippen LogP contribution in [0, 0.1) is 5.82 Å². The van der Waals surface area contributed by atoms with Crippen LogP contribution in [0.2, 0.25) is 0 Å². The fraction of sp³-hybridized carbons (Fsp3) is 0.409. The molecule has 0 unspecified atom stereocenters. The van der Waals surface area contributed by atoms with Gasteiger partial charge in [-0.3, -0.25) is 4.79 Å². The number of nitrogens with zero attached hydrogens (tertiary/aromatic N) is 1. The Morgan fingerprint density at radius 1 is 1.00 bits per heavy atom. The van der Waals surface area contributed by atoms with E-state index < -0.39 is 10.0 Å². The second-order valence-corrected chi connectivity index (χ2v) is 9.20. The highest BCUT2D eigenvalue weighted by Gasteiger charge is 2.25. The smallest absolute Gasteiger partial charge is 0.243 e. The highest BCUT2D eigenvalue weighted by atomic mass is 32.2. The van der Waals surface area contributed by atoms with Crippen molar-refractivity contribution in [2.45, 2.75) is 37.0 Å². The number of halogens is 1. The predicted octanol–water partition coefficient (Wildman–Crippen LogP) is 3.13. The van der Waals surface area contributed by atoms with Crippen molar-refractivity contribution < 1.29 is 22.3 Å². The molecule has 0 saturated carbocycles. The SMILES string of the molecule is O=C(CCc1ccc(S(=O)(=O)N2CCCCC2)cc1)NCCOc1ccc(F)cc1. The minimum Gasteiger partial charge on any atom is -0.492 e. The number of rotatable bonds is 9. The molecule has 0 spiro atoms. The maximum atomic E-state index is 12.8. The quantitative estimate of drug-likeness (QED) is 0.616. The molecule has 162 valence electrons. The molecule has 0 bridgehead atoms. The Labute approximate surface area is 177 Å². The molecule has 1 aliphatic rings. The zero-order chi connectivity index (χ0) is 21.4. The van der Waals surface area contributed by atoms with Crippen molar-refractivity contribution in [3.63, 3.8) is 0 Å². The van der Waals surface area contributed by atoms with Gasteiger partial charge in [0.15, 0.2) is 0 Å². The second kappa shape index (κ2) is 10.5. The van der Waals surface area contributed by atoms with Gasteiger partial charge in [0.1, 0.15) is 18.2 Å². The summed E-state index contributed by atoms with van der Waals surface area (Å²) in [6.45, 7) is 1.80. The Morgan fingerprint density at radius 3 is 2.33 bits per heavy atom. The minimum absolute atomic E-state index is 0.109. The monoisotopic (exact) mass is 434 g/mol. The average Bonchev–Trinajstić information content (AvgIpc) is 2.77. The Hall–Kier alpha value is -2.45. The first-order chi connectivity index (χ1) is 14.4. The summed E-state index contributed by atoms with van der Waals surface area (Å²) in [7, 11) is -3.43. The Kier molecular flexibility index (Phi) is 7.81. The molecule has 0 atom stereocenters. The number of aryl methyl sites for hydroxylation is 1. The molecule has 1 fully saturated rings. The van der Waals surface area contributed by atoms with E-state index in [1.807, 2.05) is 0 Å². The maximum absolute atomic E-state index is 12.8. The van der Waals surface area contributed by atoms with Crippen LogP contribution < -0.4 is 10.1 Å². The van der Waals surface area contributed by atoms with Crippen LogP contribution in [-0.2, 0) is 21.2 Å². The topological polar surface area (TPSA) is 75.7 Å². The molecule has 2 aromatic carbocycles. The summed E-state index contributed by atoms with van der Waals surface area (Å²) >= 11 is 0. The third-order valence-corrected chi connectivity index (χ3v) is 6.94. The lowest BCUT2D eigenvalue weighted by Gasteiger charge is -2.25. The lowest BCUT2D eigenvalue weighted by atomic mass is 10.1. The number of ether oxygens (including phenoxy) is 1. The van der Waals surface area contributed by atoms with Crippen LogP contribution in [0.4, 0.5) is 4.39 Å². The standard InChI is InChI=1S/C22H27FN2O4S/c23-19-7-9-20(10-8-19)29-17-14-24-22(26)13-6-18-4-11-21(12-5-18)30(27,28)25-15-2-1-3-16-25/h4-5,7-12H,1-3,6,13-17H2,(H,24,26). The third kappa shape index (κ3) is 6.27. The van der Waals surface area contributed by atoms with E-state index in [2.05, 4.69) is 5.32 Å². The van der Waals surface area contributed by atoms with E-state index >= 15 is 0 Å². The third-order valence-electron chi connectivity index (χ3n) is 5.02. The summed E-state index contributed by atoms with van der Waals surface area (Å²) in [5, 5.41) is 2.77. The predicted molar refractivity (Wildman–Crippen MR) is 112 cm³/mol. The van der Waals surface area contributed by atoms with E-state index in [9.17, 15) is 17.6 Å². The van der Waals surface area contributed by atoms with Gasteiger partial charge in [-0.15, -0.1) is 0 Å². The fourth-order valence-corrected chi connectivity index (χ4v) is 4.84. The maximum Gasteiger partial charge on any atom is 0.243 e. The summed E-state index contributed by atoms with van der Waals surface area (Å²) in [5.74, 6) is 0.112. The van der Waals surface area contributed by atoms with Gasteiger partial charge < -0.3 is 10.1 Å². The Bertz CT molecular complexity index is 925. The van der Waals surface area contributed by atoms with Crippen molar-refractivity contribution in [2.75, 3.05) is 26.2 Å². The summed E-state index contributed by atoms with van der Waals surface area (Å²) in [5.41, 5.74) is 0.908. The molecule has 0 aromatic heterocycles. The first kappa shape index (κ1) is 22.2. The highest BCUT2D eigenvalue weighted by Crippen LogP contribution is 2.21. The van der Waals surface area contributed by atoms with E-state index in [1.54, 1.807) is 28.6 Å². The number of carbonyl (C=O) groups is 1. The number of carbonyl (C=O) groups excluding carboxylic acids is 1. The van der Waals surface area contributed by atoms with Crippen LogP contribution >= 0.6 is 0 Å². The first-order valence-electron chi connectivity index (χ1n) is 10.2. The van der Waals surface area contributed by atoms with Crippen molar-refractivity contribution in [3.05, 3.63) is 59.9 Å². The molecule has 1 aliphatic heterocycles. The van der Waals surface area contributed by atoms with Gasteiger partial charge in [0.05, 0.1) is 11.4 Å². The lowest BCUT2D eigenvalue weighted by molar-refractivity contribution is -0.121. The van der Waals surface area contributed by atoms with Crippen LogP contribution in [0.15, 0.2) is 53.4 Å². The summed E-state index contributed by atoms with van der Waals surface area (Å²) < 4.78 is 45.1. The second-order valence-electron chi connectivity index (χ2n) is 7.26. The normalized spacial score (nSPS) is 15.0. The Morgan fingerprint density at radius 2 is 1.67 bits per heavy atom. The van der Waals surface area contributed by atoms with Crippen molar-refractivity contribution in [1.29, 1.82) is 0 Å². The largest absolute Gasteiger partial charge is 0.492 e. The minimum atomic E-state index is -3.43. The van der Waals surface area contributed by atoms with Gasteiger partial charge in [-0.2, -0.15) is 4.31 Å². The van der Waals surface area contributed by atoms with Crippen molar-refractivity contribution in [1.82, 2.24) is 9.62 Å². The molecule has 0 aliphatic carbocycles. The lowest BCUT2D eigenvalue weighted by Crippen LogP contribution is -2.35. The molecule has 1 heterocycles. The molecule has 1 saturated heterocycles. The Balaban J connectivity index is 1.40. The van der Waals surface area contributed by atoms with E-state index in [0.717, 1.165) is 24.8 Å². The van der Waals surface area contributed by atoms with Crippen molar-refractivity contribution >= 4 is 15.9 Å². The molecular formula is C22H27FN2O4S. The number of benzene rings is 2. The van der Waals surface area contributed by atoms with Gasteiger partial charge in [-0.25, -0.2) is 12.8 Å². The van der Waals surface area contributed by atoms with E-state index in [4.69, 9.17) is 4.74 Å². The van der Waals surface area contributed by atoms with Crippen molar-refractivity contribution in [3.8, 4) is 5.75 Å². The fourth-order valence-electron chi connectivity index (χ4n) is 3.32. The van der Waals surface area contributed by atoms with Crippen LogP contribution in [0.25, 0.3) is 0 Å². The van der Waals surface area contributed by atoms with Crippen LogP contribution in [0.3, 0.4) is 0 Å². The average molecular weight is 435 g/mol. The number of amides is 1. The number of hydrogen-bond acceptors (Lipinski definition) is 4. The van der Waals surface area contributed by atoms with E-state index in [1.165, 1.54) is 24.3 Å². The molecule has 1 N–H and O–H groups in total. The molecule has 2 aromatic rings. The molecule has 3 rings (SSSR count). The van der Waals surface area contributed by atoms with E-state index in [-0.39, 0.29) is 11.7 Å². The van der Waals surface area contributed by atoms with Gasteiger partial charge in [-0.05, 0) is 61.2 Å². The van der Waals surface area contributed by atoms with Gasteiger partial charge in [0.2, 0.25) is 15.9 Å². The molecule has 0 radical (unpaired) electrons. The van der Waals surface area contributed by atoms with E-state index in [0.29, 0.717) is 49.7 Å². The molecule has 30 heavy (non-hydrogen) atoms. The summed E-state index contributed by atoms with van der Waals surface area (Å²) in [6.07, 6.45) is 3.71. The number of hydrogen-bond donors (Lipinski definition) is 1. The highest BCUT2D eigenvalue weighted by molar-refractivity contribution is 7.89. The van der Waals surface area contributed by atoms with Gasteiger partial charge in [0, 0.05) is 19.5 Å². The van der Waals surface area contributed by atoms with Crippen molar-refractivity contribution in [2.24, 2.45) is 0 Å². The summed E-state index contributed by atoms with van der Waals surface area (Å²) in [6, 6.07) is 12.5.